The number of carbonyl (C=O) groups excluding carboxylic acids is 1. The van der Waals surface area contributed by atoms with E-state index < -0.39 is 0 Å². The minimum Gasteiger partial charge on any atom is -0.378 e. The van der Waals surface area contributed by atoms with Crippen LogP contribution < -0.4 is 5.32 Å². The van der Waals surface area contributed by atoms with E-state index in [1.165, 1.54) is 0 Å². The quantitative estimate of drug-likeness (QED) is 0.873. The number of carbonyl (C=O) groups is 1. The fourth-order valence-corrected chi connectivity index (χ4v) is 3.03. The van der Waals surface area contributed by atoms with Gasteiger partial charge in [-0.15, -0.1) is 0 Å². The van der Waals surface area contributed by atoms with Gasteiger partial charge < -0.3 is 14.6 Å². The van der Waals surface area contributed by atoms with Crippen LogP contribution in [0.15, 0.2) is 10.6 Å². The van der Waals surface area contributed by atoms with Gasteiger partial charge in [0.15, 0.2) is 0 Å². The third-order valence-corrected chi connectivity index (χ3v) is 4.57. The van der Waals surface area contributed by atoms with Crippen LogP contribution in [0.5, 0.6) is 0 Å². The van der Waals surface area contributed by atoms with E-state index in [-0.39, 0.29) is 24.0 Å². The minimum absolute atomic E-state index is 0.152. The van der Waals surface area contributed by atoms with Gasteiger partial charge in [-0.2, -0.15) is 0 Å². The first-order valence-corrected chi connectivity index (χ1v) is 8.44. The lowest BCUT2D eigenvalue weighted by atomic mass is 9.89. The van der Waals surface area contributed by atoms with Crippen LogP contribution in [0.25, 0.3) is 0 Å². The monoisotopic (exact) mass is 308 g/mol. The number of rotatable bonds is 6. The molecule has 5 nitrogen and oxygen atoms in total. The molecule has 5 heteroatoms. The number of ether oxygens (including phenoxy) is 1. The summed E-state index contributed by atoms with van der Waals surface area (Å²) in [6, 6.07) is 1.89. The molecule has 1 aliphatic heterocycles. The highest BCUT2D eigenvalue weighted by Crippen LogP contribution is 2.25. The van der Waals surface area contributed by atoms with Crippen LogP contribution in [-0.4, -0.2) is 29.8 Å². The van der Waals surface area contributed by atoms with Crippen molar-refractivity contribution < 1.29 is 14.1 Å². The molecule has 1 amide bonds. The zero-order valence-electron chi connectivity index (χ0n) is 14.1. The Kier molecular flexibility index (Phi) is 6.00. The molecule has 0 aromatic carbocycles. The van der Waals surface area contributed by atoms with E-state index in [0.717, 1.165) is 31.4 Å². The van der Waals surface area contributed by atoms with E-state index in [1.54, 1.807) is 6.07 Å². The van der Waals surface area contributed by atoms with Gasteiger partial charge in [-0.3, -0.25) is 4.79 Å². The fraction of sp³-hybridized carbons (Fsp3) is 0.765. The molecule has 0 saturated carbocycles. The van der Waals surface area contributed by atoms with Crippen molar-refractivity contribution >= 4 is 5.91 Å². The van der Waals surface area contributed by atoms with Gasteiger partial charge >= 0.3 is 0 Å². The highest BCUT2D eigenvalue weighted by molar-refractivity contribution is 5.91. The fourth-order valence-electron chi connectivity index (χ4n) is 3.03. The van der Waals surface area contributed by atoms with Crippen molar-refractivity contribution in [2.45, 2.75) is 71.4 Å². The summed E-state index contributed by atoms with van der Waals surface area (Å²) in [5.74, 6) is 0.953. The summed E-state index contributed by atoms with van der Waals surface area (Å²) in [6.07, 6.45) is 4.20. The molecule has 0 spiro atoms. The molecule has 2 atom stereocenters. The van der Waals surface area contributed by atoms with Crippen LogP contribution in [0, 0.1) is 5.92 Å². The van der Waals surface area contributed by atoms with Crippen LogP contribution in [0.2, 0.25) is 0 Å². The highest BCUT2D eigenvalue weighted by atomic mass is 16.5. The minimum atomic E-state index is -0.172. The van der Waals surface area contributed by atoms with Crippen molar-refractivity contribution in [1.82, 2.24) is 10.5 Å². The SMILES string of the molecule is CCC(CC)[C@@H]1C[C@H](NC(=O)c2cc(C(C)C)no2)CCO1. The van der Waals surface area contributed by atoms with Gasteiger partial charge in [0, 0.05) is 18.7 Å². The summed E-state index contributed by atoms with van der Waals surface area (Å²) in [5.41, 5.74) is 0.812. The molecular weight excluding hydrogens is 280 g/mol. The molecule has 2 rings (SSSR count). The van der Waals surface area contributed by atoms with Gasteiger partial charge in [0.25, 0.3) is 5.91 Å². The molecule has 1 N–H and O–H groups in total. The van der Waals surface area contributed by atoms with Gasteiger partial charge in [0.1, 0.15) is 0 Å². The first-order valence-electron chi connectivity index (χ1n) is 8.44. The first-order chi connectivity index (χ1) is 10.5. The maximum atomic E-state index is 12.3. The Hall–Kier alpha value is -1.36. The third-order valence-electron chi connectivity index (χ3n) is 4.57. The molecular formula is C17H28N2O3. The van der Waals surface area contributed by atoms with Gasteiger partial charge in [0.05, 0.1) is 11.8 Å². The standard InChI is InChI=1S/C17H28N2O3/c1-5-12(6-2)15-9-13(7-8-21-15)18-17(20)16-10-14(11(3)4)19-22-16/h10-13,15H,5-9H2,1-4H3,(H,18,20)/t13-,15+/m1/s1. The molecule has 22 heavy (non-hydrogen) atoms. The van der Waals surface area contributed by atoms with E-state index >= 15 is 0 Å². The maximum Gasteiger partial charge on any atom is 0.290 e. The van der Waals surface area contributed by atoms with E-state index in [0.29, 0.717) is 18.3 Å². The Morgan fingerprint density at radius 2 is 2.14 bits per heavy atom. The Bertz CT molecular complexity index is 480. The van der Waals surface area contributed by atoms with Crippen molar-refractivity contribution in [2.75, 3.05) is 6.61 Å². The predicted octanol–water partition coefficient (Wildman–Crippen LogP) is 3.51. The lowest BCUT2D eigenvalue weighted by Gasteiger charge is -2.34. The topological polar surface area (TPSA) is 64.4 Å². The molecule has 1 fully saturated rings. The number of hydrogen-bond acceptors (Lipinski definition) is 4. The summed E-state index contributed by atoms with van der Waals surface area (Å²) in [6.45, 7) is 9.15. The molecule has 1 aromatic rings. The largest absolute Gasteiger partial charge is 0.378 e. The van der Waals surface area contributed by atoms with Crippen LogP contribution in [0.1, 0.15) is 75.5 Å². The molecule has 0 unspecified atom stereocenters. The highest BCUT2D eigenvalue weighted by Gasteiger charge is 2.29. The van der Waals surface area contributed by atoms with Crippen molar-refractivity contribution in [2.24, 2.45) is 5.92 Å². The van der Waals surface area contributed by atoms with Gasteiger partial charge in [-0.05, 0) is 24.7 Å². The Morgan fingerprint density at radius 3 is 2.73 bits per heavy atom. The van der Waals surface area contributed by atoms with Crippen LogP contribution in [-0.2, 0) is 4.74 Å². The zero-order chi connectivity index (χ0) is 16.1. The number of hydrogen-bond donors (Lipinski definition) is 1. The predicted molar refractivity (Wildman–Crippen MR) is 84.9 cm³/mol. The Morgan fingerprint density at radius 1 is 1.41 bits per heavy atom. The first kappa shape index (κ1) is 17.0. The lowest BCUT2D eigenvalue weighted by Crippen LogP contribution is -2.44. The second-order valence-corrected chi connectivity index (χ2v) is 6.45. The van der Waals surface area contributed by atoms with Crippen molar-refractivity contribution in [3.63, 3.8) is 0 Å². The second kappa shape index (κ2) is 7.77. The van der Waals surface area contributed by atoms with E-state index in [2.05, 4.69) is 24.3 Å². The van der Waals surface area contributed by atoms with E-state index in [9.17, 15) is 4.79 Å². The zero-order valence-corrected chi connectivity index (χ0v) is 14.1. The van der Waals surface area contributed by atoms with E-state index in [4.69, 9.17) is 9.26 Å². The van der Waals surface area contributed by atoms with E-state index in [1.807, 2.05) is 13.8 Å². The normalized spacial score (nSPS) is 22.3. The molecule has 1 saturated heterocycles. The lowest BCUT2D eigenvalue weighted by molar-refractivity contribution is -0.0338. The van der Waals surface area contributed by atoms with Crippen LogP contribution in [0.3, 0.4) is 0 Å². The van der Waals surface area contributed by atoms with Gasteiger partial charge in [0.2, 0.25) is 5.76 Å². The second-order valence-electron chi connectivity index (χ2n) is 6.45. The average Bonchev–Trinajstić information content (AvgIpc) is 2.99. The summed E-state index contributed by atoms with van der Waals surface area (Å²) in [4.78, 5) is 12.3. The molecule has 0 radical (unpaired) electrons. The molecule has 1 aromatic heterocycles. The number of nitrogens with one attached hydrogen (secondary N) is 1. The van der Waals surface area contributed by atoms with Crippen molar-refractivity contribution in [3.8, 4) is 0 Å². The van der Waals surface area contributed by atoms with Gasteiger partial charge in [-0.1, -0.05) is 45.7 Å². The van der Waals surface area contributed by atoms with Crippen LogP contribution in [0.4, 0.5) is 0 Å². The molecule has 2 heterocycles. The maximum absolute atomic E-state index is 12.3. The summed E-state index contributed by atoms with van der Waals surface area (Å²) < 4.78 is 11.0. The average molecular weight is 308 g/mol. The Balaban J connectivity index is 1.93. The number of amides is 1. The smallest absolute Gasteiger partial charge is 0.290 e. The molecule has 1 aliphatic rings. The van der Waals surface area contributed by atoms with Crippen molar-refractivity contribution in [1.29, 1.82) is 0 Å². The van der Waals surface area contributed by atoms with Crippen LogP contribution >= 0.6 is 0 Å². The summed E-state index contributed by atoms with van der Waals surface area (Å²) in [7, 11) is 0. The third kappa shape index (κ3) is 4.09. The van der Waals surface area contributed by atoms with Gasteiger partial charge in [-0.25, -0.2) is 0 Å². The summed E-state index contributed by atoms with van der Waals surface area (Å²) >= 11 is 0. The number of aromatic nitrogens is 1. The molecule has 124 valence electrons. The van der Waals surface area contributed by atoms with Crippen molar-refractivity contribution in [3.05, 3.63) is 17.5 Å². The summed E-state index contributed by atoms with van der Waals surface area (Å²) in [5, 5.41) is 7.01. The Labute approximate surface area is 132 Å². The number of nitrogens with zero attached hydrogens (tertiary/aromatic N) is 1. The molecule has 0 bridgehead atoms. The molecule has 0 aliphatic carbocycles.